The number of hydrogen-bond acceptors (Lipinski definition) is 7. The molecule has 146 valence electrons. The van der Waals surface area contributed by atoms with Crippen LogP contribution in [0.2, 0.25) is 0 Å². The highest BCUT2D eigenvalue weighted by Gasteiger charge is 2.41. The van der Waals surface area contributed by atoms with Crippen molar-refractivity contribution in [2.45, 2.75) is 51.0 Å². The first kappa shape index (κ1) is 18.1. The number of urea groups is 1. The second kappa shape index (κ2) is 7.41. The lowest BCUT2D eigenvalue weighted by molar-refractivity contribution is 0.232. The molecule has 0 unspecified atom stereocenters. The number of rotatable bonds is 5. The van der Waals surface area contributed by atoms with Crippen LogP contribution in [0, 0.1) is 0 Å². The Morgan fingerprint density at radius 1 is 1.14 bits per heavy atom. The number of carbonyl (C=O) groups is 1. The van der Waals surface area contributed by atoms with Crippen LogP contribution in [-0.2, 0) is 5.54 Å². The number of hydrogen-bond donors (Lipinski definition) is 2. The minimum Gasteiger partial charge on any atom is -0.342 e. The number of aromatic nitrogens is 4. The van der Waals surface area contributed by atoms with Crippen LogP contribution >= 0.6 is 0 Å². The monoisotopic (exact) mass is 382 g/mol. The number of nitrogens with one attached hydrogen (secondary N) is 2. The summed E-state index contributed by atoms with van der Waals surface area (Å²) < 4.78 is 10.1. The number of amides is 2. The van der Waals surface area contributed by atoms with Gasteiger partial charge in [0.1, 0.15) is 5.54 Å². The van der Waals surface area contributed by atoms with Crippen molar-refractivity contribution in [3.8, 4) is 11.4 Å². The summed E-state index contributed by atoms with van der Waals surface area (Å²) in [5, 5.41) is 13.9. The molecule has 3 aromatic rings. The van der Waals surface area contributed by atoms with Crippen LogP contribution in [0.25, 0.3) is 11.4 Å². The molecule has 0 aliphatic heterocycles. The van der Waals surface area contributed by atoms with Crippen molar-refractivity contribution in [1.29, 1.82) is 0 Å². The van der Waals surface area contributed by atoms with Gasteiger partial charge in [-0.05, 0) is 37.1 Å². The number of anilines is 1. The summed E-state index contributed by atoms with van der Waals surface area (Å²) in [6.07, 6.45) is 4.86. The quantitative estimate of drug-likeness (QED) is 0.688. The van der Waals surface area contributed by atoms with E-state index in [1.54, 1.807) is 12.1 Å². The Kier molecular flexibility index (Phi) is 4.81. The lowest BCUT2D eigenvalue weighted by Crippen LogP contribution is -2.46. The highest BCUT2D eigenvalue weighted by atomic mass is 16.5. The summed E-state index contributed by atoms with van der Waals surface area (Å²) in [6.45, 7) is 3.99. The molecule has 4 rings (SSSR count). The molecule has 1 fully saturated rings. The van der Waals surface area contributed by atoms with Gasteiger partial charge in [0, 0.05) is 17.2 Å². The summed E-state index contributed by atoms with van der Waals surface area (Å²) in [5.41, 5.74) is 0.875. The molecule has 9 nitrogen and oxygen atoms in total. The Labute approximate surface area is 161 Å². The van der Waals surface area contributed by atoms with Gasteiger partial charge in [0.25, 0.3) is 0 Å². The van der Waals surface area contributed by atoms with Crippen LogP contribution in [-0.4, -0.2) is 26.3 Å². The summed E-state index contributed by atoms with van der Waals surface area (Å²) >= 11 is 0. The second-order valence-electron chi connectivity index (χ2n) is 7.31. The van der Waals surface area contributed by atoms with Crippen LogP contribution in [0.3, 0.4) is 0 Å². The molecular formula is C19H22N6O3. The molecule has 2 heterocycles. The third kappa shape index (κ3) is 3.60. The van der Waals surface area contributed by atoms with Crippen molar-refractivity contribution in [3.05, 3.63) is 42.4 Å². The van der Waals surface area contributed by atoms with Gasteiger partial charge < -0.3 is 19.7 Å². The predicted molar refractivity (Wildman–Crippen MR) is 100 cm³/mol. The van der Waals surface area contributed by atoms with Crippen LogP contribution in [0.5, 0.6) is 0 Å². The average Bonchev–Trinajstić information content (AvgIpc) is 3.43. The first-order valence-corrected chi connectivity index (χ1v) is 9.36. The fourth-order valence-electron chi connectivity index (χ4n) is 3.43. The summed E-state index contributed by atoms with van der Waals surface area (Å²) in [6, 6.07) is 6.92. The topological polar surface area (TPSA) is 119 Å². The molecule has 0 atom stereocenters. The van der Waals surface area contributed by atoms with Crippen molar-refractivity contribution < 1.29 is 13.8 Å². The maximum absolute atomic E-state index is 12.7. The Bertz CT molecular complexity index is 927. The van der Waals surface area contributed by atoms with Crippen LogP contribution in [0.4, 0.5) is 10.5 Å². The molecule has 0 saturated heterocycles. The fourth-order valence-corrected chi connectivity index (χ4v) is 3.43. The lowest BCUT2D eigenvalue weighted by Gasteiger charge is -2.26. The highest BCUT2D eigenvalue weighted by molar-refractivity contribution is 5.90. The first-order valence-electron chi connectivity index (χ1n) is 9.36. The molecular weight excluding hydrogens is 360 g/mol. The zero-order chi connectivity index (χ0) is 19.6. The third-order valence-corrected chi connectivity index (χ3v) is 4.94. The van der Waals surface area contributed by atoms with E-state index in [9.17, 15) is 4.79 Å². The van der Waals surface area contributed by atoms with Crippen LogP contribution < -0.4 is 10.6 Å². The average molecular weight is 382 g/mol. The zero-order valence-electron chi connectivity index (χ0n) is 15.8. The molecule has 1 aliphatic carbocycles. The Morgan fingerprint density at radius 2 is 1.89 bits per heavy atom. The summed E-state index contributed by atoms with van der Waals surface area (Å²) in [7, 11) is 0. The van der Waals surface area contributed by atoms with Crippen molar-refractivity contribution in [2.75, 3.05) is 5.32 Å². The molecule has 2 N–H and O–H groups in total. The Morgan fingerprint density at radius 3 is 2.50 bits per heavy atom. The van der Waals surface area contributed by atoms with Gasteiger partial charge >= 0.3 is 6.03 Å². The molecule has 28 heavy (non-hydrogen) atoms. The van der Waals surface area contributed by atoms with E-state index >= 15 is 0 Å². The smallest absolute Gasteiger partial charge is 0.320 e. The van der Waals surface area contributed by atoms with E-state index in [0.717, 1.165) is 31.2 Å². The molecule has 1 aliphatic rings. The minimum atomic E-state index is -0.592. The van der Waals surface area contributed by atoms with E-state index < -0.39 is 5.54 Å². The Balaban J connectivity index is 1.46. The highest BCUT2D eigenvalue weighted by Crippen LogP contribution is 2.37. The molecule has 0 bridgehead atoms. The van der Waals surface area contributed by atoms with E-state index in [4.69, 9.17) is 9.05 Å². The van der Waals surface area contributed by atoms with Crippen LogP contribution in [0.1, 0.15) is 57.2 Å². The SMILES string of the molecule is CC(C)c1nc(C2(NC(=O)Nc3ccc(-c4ncon4)cc3)CCCC2)no1. The molecule has 9 heteroatoms. The predicted octanol–water partition coefficient (Wildman–Crippen LogP) is 3.83. The number of nitrogens with zero attached hydrogens (tertiary/aromatic N) is 4. The van der Waals surface area contributed by atoms with E-state index in [-0.39, 0.29) is 11.9 Å². The van der Waals surface area contributed by atoms with Crippen molar-refractivity contribution in [1.82, 2.24) is 25.6 Å². The standard InChI is InChI=1S/C19H22N6O3/c1-12(2)16-22-17(25-28-16)19(9-3-4-10-19)23-18(26)21-14-7-5-13(6-8-14)15-20-11-27-24-15/h5-8,11-12H,3-4,9-10H2,1-2H3,(H2,21,23,26). The van der Waals surface area contributed by atoms with Gasteiger partial charge in [-0.1, -0.05) is 37.0 Å². The van der Waals surface area contributed by atoms with Crippen LogP contribution in [0.15, 0.2) is 39.7 Å². The van der Waals surface area contributed by atoms with E-state index in [0.29, 0.717) is 23.2 Å². The normalized spacial score (nSPS) is 15.7. The van der Waals surface area contributed by atoms with Gasteiger partial charge in [0.2, 0.25) is 18.1 Å². The van der Waals surface area contributed by atoms with Gasteiger partial charge in [-0.15, -0.1) is 0 Å². The van der Waals surface area contributed by atoms with E-state index in [2.05, 4.69) is 30.9 Å². The van der Waals surface area contributed by atoms with Crippen molar-refractivity contribution in [3.63, 3.8) is 0 Å². The summed E-state index contributed by atoms with van der Waals surface area (Å²) in [5.74, 6) is 1.78. The molecule has 1 saturated carbocycles. The molecule has 0 spiro atoms. The maximum Gasteiger partial charge on any atom is 0.320 e. The Hall–Kier alpha value is -3.23. The van der Waals surface area contributed by atoms with Crippen molar-refractivity contribution >= 4 is 11.7 Å². The van der Waals surface area contributed by atoms with Gasteiger partial charge in [-0.3, -0.25) is 0 Å². The molecule has 2 amide bonds. The van der Waals surface area contributed by atoms with Gasteiger partial charge in [-0.25, -0.2) is 4.79 Å². The third-order valence-electron chi connectivity index (χ3n) is 4.94. The number of carbonyl (C=O) groups excluding carboxylic acids is 1. The summed E-state index contributed by atoms with van der Waals surface area (Å²) in [4.78, 5) is 21.2. The van der Waals surface area contributed by atoms with E-state index in [1.165, 1.54) is 6.39 Å². The fraction of sp³-hybridized carbons (Fsp3) is 0.421. The zero-order valence-corrected chi connectivity index (χ0v) is 15.8. The van der Waals surface area contributed by atoms with Crippen molar-refractivity contribution in [2.24, 2.45) is 0 Å². The van der Waals surface area contributed by atoms with E-state index in [1.807, 2.05) is 26.0 Å². The van der Waals surface area contributed by atoms with Gasteiger partial charge in [0.05, 0.1) is 0 Å². The first-order chi connectivity index (χ1) is 13.6. The lowest BCUT2D eigenvalue weighted by atomic mass is 9.97. The van der Waals surface area contributed by atoms with Gasteiger partial charge in [-0.2, -0.15) is 9.97 Å². The minimum absolute atomic E-state index is 0.145. The van der Waals surface area contributed by atoms with Gasteiger partial charge in [0.15, 0.2) is 5.82 Å². The molecule has 0 radical (unpaired) electrons. The largest absolute Gasteiger partial charge is 0.342 e. The number of benzene rings is 1. The second-order valence-corrected chi connectivity index (χ2v) is 7.31. The maximum atomic E-state index is 12.7. The molecule has 2 aromatic heterocycles. The molecule has 1 aromatic carbocycles.